The van der Waals surface area contributed by atoms with Gasteiger partial charge in [-0.2, -0.15) is 0 Å². The van der Waals surface area contributed by atoms with E-state index in [1.165, 1.54) is 0 Å². The van der Waals surface area contributed by atoms with Gasteiger partial charge in [0.05, 0.1) is 18.9 Å². The van der Waals surface area contributed by atoms with Crippen molar-refractivity contribution in [3.63, 3.8) is 0 Å². The summed E-state index contributed by atoms with van der Waals surface area (Å²) in [5.74, 6) is 2.20. The Bertz CT molecular complexity index is 940. The van der Waals surface area contributed by atoms with Gasteiger partial charge in [-0.1, -0.05) is 30.4 Å². The van der Waals surface area contributed by atoms with E-state index in [2.05, 4.69) is 27.4 Å². The molecule has 0 atom stereocenters. The molecule has 2 heterocycles. The molecule has 0 saturated carbocycles. The Hall–Kier alpha value is -3.34. The maximum Gasteiger partial charge on any atom is 0.227 e. The summed E-state index contributed by atoms with van der Waals surface area (Å²) in [7, 11) is 0. The van der Waals surface area contributed by atoms with E-state index < -0.39 is 0 Å². The Balaban J connectivity index is 1.66. The van der Waals surface area contributed by atoms with Gasteiger partial charge in [0.15, 0.2) is 0 Å². The topological polar surface area (TPSA) is 56.3 Å². The molecule has 5 nitrogen and oxygen atoms in total. The summed E-state index contributed by atoms with van der Waals surface area (Å²) in [6, 6.07) is 17.7. The number of hydrogen-bond donors (Lipinski definition) is 1. The van der Waals surface area contributed by atoms with E-state index in [0.717, 1.165) is 41.3 Å². The van der Waals surface area contributed by atoms with Crippen LogP contribution >= 0.6 is 0 Å². The first-order valence-electron chi connectivity index (χ1n) is 9.08. The third kappa shape index (κ3) is 4.64. The van der Waals surface area contributed by atoms with Crippen LogP contribution in [0.4, 0.5) is 11.6 Å². The van der Waals surface area contributed by atoms with Gasteiger partial charge in [-0.3, -0.25) is 0 Å². The minimum atomic E-state index is 0.542. The molecule has 1 aliphatic rings. The first kappa shape index (κ1) is 17.1. The molecule has 0 amide bonds. The lowest BCUT2D eigenvalue weighted by Gasteiger charge is -2.10. The summed E-state index contributed by atoms with van der Waals surface area (Å²) >= 11 is 0. The summed E-state index contributed by atoms with van der Waals surface area (Å²) in [4.78, 5) is 8.96. The Labute approximate surface area is 158 Å². The van der Waals surface area contributed by atoms with E-state index in [1.54, 1.807) is 6.20 Å². The van der Waals surface area contributed by atoms with Gasteiger partial charge in [0, 0.05) is 23.5 Å². The van der Waals surface area contributed by atoms with Crippen LogP contribution in [0.25, 0.3) is 11.3 Å². The highest BCUT2D eigenvalue weighted by Gasteiger charge is 2.05. The molecule has 0 aliphatic carbocycles. The summed E-state index contributed by atoms with van der Waals surface area (Å²) < 4.78 is 11.7. The Kier molecular flexibility index (Phi) is 5.29. The largest absolute Gasteiger partial charge is 0.493 e. The van der Waals surface area contributed by atoms with Gasteiger partial charge in [0.1, 0.15) is 11.5 Å². The van der Waals surface area contributed by atoms with Crippen LogP contribution in [-0.2, 0) is 0 Å². The van der Waals surface area contributed by atoms with E-state index in [0.29, 0.717) is 19.2 Å². The standard InChI is InChI=1S/C22H21N3O2/c1-2-4-14-27-20-10-6-8-18(16-20)24-22-23-12-11-21(25-22)17-7-5-9-19(15-17)26-13-3-1/h1-2,5-12,15-16H,3-4,13-14H2,(H,23,24,25)/b2-1+. The summed E-state index contributed by atoms with van der Waals surface area (Å²) in [5, 5.41) is 3.25. The molecular formula is C22H21N3O2. The number of nitrogens with one attached hydrogen (secondary N) is 1. The average molecular weight is 359 g/mol. The maximum absolute atomic E-state index is 5.86. The van der Waals surface area contributed by atoms with Gasteiger partial charge in [0.2, 0.25) is 5.95 Å². The number of rotatable bonds is 0. The molecule has 4 rings (SSSR count). The van der Waals surface area contributed by atoms with Crippen molar-refractivity contribution in [1.82, 2.24) is 9.97 Å². The normalized spacial score (nSPS) is 15.3. The quantitative estimate of drug-likeness (QED) is 0.573. The van der Waals surface area contributed by atoms with E-state index >= 15 is 0 Å². The molecule has 0 saturated heterocycles. The Morgan fingerprint density at radius 1 is 0.815 bits per heavy atom. The molecule has 1 aromatic heterocycles. The van der Waals surface area contributed by atoms with Gasteiger partial charge >= 0.3 is 0 Å². The van der Waals surface area contributed by atoms with Crippen molar-refractivity contribution in [3.8, 4) is 22.8 Å². The molecule has 27 heavy (non-hydrogen) atoms. The van der Waals surface area contributed by atoms with Crippen LogP contribution in [0.1, 0.15) is 12.8 Å². The zero-order valence-electron chi connectivity index (χ0n) is 15.0. The van der Waals surface area contributed by atoms with Crippen molar-refractivity contribution in [2.45, 2.75) is 12.8 Å². The van der Waals surface area contributed by atoms with Gasteiger partial charge in [-0.15, -0.1) is 0 Å². The highest BCUT2D eigenvalue weighted by atomic mass is 16.5. The van der Waals surface area contributed by atoms with Crippen molar-refractivity contribution < 1.29 is 9.47 Å². The first-order valence-corrected chi connectivity index (χ1v) is 9.08. The van der Waals surface area contributed by atoms with Crippen molar-refractivity contribution in [2.75, 3.05) is 18.5 Å². The maximum atomic E-state index is 5.86. The molecule has 0 spiro atoms. The molecule has 136 valence electrons. The van der Waals surface area contributed by atoms with Crippen LogP contribution in [0.5, 0.6) is 11.5 Å². The molecule has 0 radical (unpaired) electrons. The molecule has 0 fully saturated rings. The molecule has 2 aromatic carbocycles. The van der Waals surface area contributed by atoms with Gasteiger partial charge in [-0.25, -0.2) is 9.97 Å². The average Bonchev–Trinajstić information content (AvgIpc) is 2.70. The highest BCUT2D eigenvalue weighted by molar-refractivity contribution is 5.63. The number of aromatic nitrogens is 2. The smallest absolute Gasteiger partial charge is 0.227 e. The first-order chi connectivity index (χ1) is 13.4. The summed E-state index contributed by atoms with van der Waals surface area (Å²) in [6.07, 6.45) is 7.73. The number of benzene rings is 2. The monoisotopic (exact) mass is 359 g/mol. The zero-order chi connectivity index (χ0) is 18.3. The third-order valence-electron chi connectivity index (χ3n) is 4.15. The van der Waals surface area contributed by atoms with Crippen molar-refractivity contribution in [3.05, 3.63) is 72.9 Å². The fraction of sp³-hybridized carbons (Fsp3) is 0.182. The van der Waals surface area contributed by atoms with Crippen LogP contribution in [-0.4, -0.2) is 23.2 Å². The van der Waals surface area contributed by atoms with E-state index in [1.807, 2.05) is 54.6 Å². The lowest BCUT2D eigenvalue weighted by atomic mass is 10.1. The molecule has 5 heteroatoms. The van der Waals surface area contributed by atoms with E-state index in [9.17, 15) is 0 Å². The number of nitrogens with zero attached hydrogens (tertiary/aromatic N) is 2. The second-order valence-corrected chi connectivity index (χ2v) is 6.19. The lowest BCUT2D eigenvalue weighted by Crippen LogP contribution is -2.00. The Morgan fingerprint density at radius 3 is 2.37 bits per heavy atom. The fourth-order valence-electron chi connectivity index (χ4n) is 2.84. The van der Waals surface area contributed by atoms with Crippen molar-refractivity contribution >= 4 is 11.6 Å². The number of fused-ring (bicyclic) bond motifs is 7. The number of anilines is 2. The predicted molar refractivity (Wildman–Crippen MR) is 107 cm³/mol. The minimum absolute atomic E-state index is 0.542. The lowest BCUT2D eigenvalue weighted by molar-refractivity contribution is 0.321. The number of ether oxygens (including phenoxy) is 2. The second-order valence-electron chi connectivity index (χ2n) is 6.19. The minimum Gasteiger partial charge on any atom is -0.493 e. The molecular weight excluding hydrogens is 338 g/mol. The van der Waals surface area contributed by atoms with Crippen molar-refractivity contribution in [2.24, 2.45) is 0 Å². The zero-order valence-corrected chi connectivity index (χ0v) is 15.0. The van der Waals surface area contributed by atoms with Crippen LogP contribution in [0.15, 0.2) is 72.9 Å². The third-order valence-corrected chi connectivity index (χ3v) is 4.15. The Morgan fingerprint density at radius 2 is 1.56 bits per heavy atom. The second kappa shape index (κ2) is 8.36. The van der Waals surface area contributed by atoms with Gasteiger partial charge < -0.3 is 14.8 Å². The highest BCUT2D eigenvalue weighted by Crippen LogP contribution is 2.25. The van der Waals surface area contributed by atoms with Crippen LogP contribution in [0, 0.1) is 0 Å². The molecule has 6 bridgehead atoms. The molecule has 1 aliphatic heterocycles. The van der Waals surface area contributed by atoms with Crippen LogP contribution in [0.3, 0.4) is 0 Å². The summed E-state index contributed by atoms with van der Waals surface area (Å²) in [5.41, 5.74) is 2.72. The van der Waals surface area contributed by atoms with Crippen LogP contribution < -0.4 is 14.8 Å². The van der Waals surface area contributed by atoms with Crippen molar-refractivity contribution in [1.29, 1.82) is 0 Å². The van der Waals surface area contributed by atoms with Gasteiger partial charge in [0.25, 0.3) is 0 Å². The molecule has 0 unspecified atom stereocenters. The van der Waals surface area contributed by atoms with Crippen LogP contribution in [0.2, 0.25) is 0 Å². The van der Waals surface area contributed by atoms with E-state index in [4.69, 9.17) is 9.47 Å². The SMILES string of the molecule is C1=C/CCOc2cccc(c2)-c2ccnc(n2)Nc2cccc(c2)OCC/1. The van der Waals surface area contributed by atoms with E-state index in [-0.39, 0.29) is 0 Å². The predicted octanol–water partition coefficient (Wildman–Crippen LogP) is 4.99. The summed E-state index contributed by atoms with van der Waals surface area (Å²) in [6.45, 7) is 1.27. The fourth-order valence-corrected chi connectivity index (χ4v) is 2.84. The molecule has 3 aromatic rings. The number of hydrogen-bond acceptors (Lipinski definition) is 5. The molecule has 1 N–H and O–H groups in total. The van der Waals surface area contributed by atoms with Gasteiger partial charge in [-0.05, 0) is 43.2 Å².